The second-order valence-electron chi connectivity index (χ2n) is 7.35. The zero-order valence-electron chi connectivity index (χ0n) is 17.5. The molecule has 0 aliphatic rings. The Morgan fingerprint density at radius 1 is 1.06 bits per heavy atom. The van der Waals surface area contributed by atoms with Crippen LogP contribution >= 0.6 is 12.2 Å². The Balaban J connectivity index is 1.60. The molecule has 0 saturated carbocycles. The average Bonchev–Trinajstić information content (AvgIpc) is 2.78. The molecule has 7 nitrogen and oxygen atoms in total. The monoisotopic (exact) mass is 462 g/mol. The highest BCUT2D eigenvalue weighted by Crippen LogP contribution is 2.16. The van der Waals surface area contributed by atoms with Gasteiger partial charge in [0.1, 0.15) is 5.82 Å². The highest BCUT2D eigenvalue weighted by Gasteiger charge is 2.13. The molecule has 33 heavy (non-hydrogen) atoms. The van der Waals surface area contributed by atoms with E-state index < -0.39 is 11.4 Å². The van der Waals surface area contributed by atoms with Crippen LogP contribution in [0.15, 0.2) is 71.5 Å². The number of fused-ring (bicyclic) bond motifs is 1. The number of H-pyrrole nitrogens is 1. The molecule has 2 amide bonds. The number of carbonyl (C=O) groups excluding carboxylic acids is 2. The standard InChI is InChI=1S/C24H19FN4O3S/c1-14(30)27-17-6-4-5-15(11-17)13-26-22(31)16-9-10-18-20(12-16)28-24(33)29(23(18)32)21-8-3-2-7-19(21)25/h2-12H,13H2,1H3,(H,26,31)(H,27,30)(H,28,33). The molecule has 0 aliphatic carbocycles. The summed E-state index contributed by atoms with van der Waals surface area (Å²) >= 11 is 5.28. The predicted octanol–water partition coefficient (Wildman–Crippen LogP) is 4.08. The van der Waals surface area contributed by atoms with Gasteiger partial charge in [-0.15, -0.1) is 0 Å². The Morgan fingerprint density at radius 3 is 2.61 bits per heavy atom. The third kappa shape index (κ3) is 4.73. The van der Waals surface area contributed by atoms with Crippen molar-refractivity contribution in [2.75, 3.05) is 5.32 Å². The first kappa shape index (κ1) is 22.1. The maximum Gasteiger partial charge on any atom is 0.266 e. The van der Waals surface area contributed by atoms with Crippen molar-refractivity contribution in [1.82, 2.24) is 14.9 Å². The number of rotatable bonds is 5. The summed E-state index contributed by atoms with van der Waals surface area (Å²) in [5, 5.41) is 5.77. The van der Waals surface area contributed by atoms with Crippen LogP contribution in [0.25, 0.3) is 16.6 Å². The first-order chi connectivity index (χ1) is 15.8. The quantitative estimate of drug-likeness (QED) is 0.390. The van der Waals surface area contributed by atoms with Gasteiger partial charge in [0, 0.05) is 24.7 Å². The molecule has 1 heterocycles. The molecule has 4 rings (SSSR count). The molecule has 0 saturated heterocycles. The van der Waals surface area contributed by atoms with Gasteiger partial charge >= 0.3 is 0 Å². The van der Waals surface area contributed by atoms with E-state index in [2.05, 4.69) is 15.6 Å². The van der Waals surface area contributed by atoms with Crippen molar-refractivity contribution in [2.24, 2.45) is 0 Å². The fraction of sp³-hybridized carbons (Fsp3) is 0.0833. The Morgan fingerprint density at radius 2 is 1.85 bits per heavy atom. The number of nitrogens with zero attached hydrogens (tertiary/aromatic N) is 1. The molecular weight excluding hydrogens is 443 g/mol. The molecule has 166 valence electrons. The molecule has 0 radical (unpaired) electrons. The summed E-state index contributed by atoms with van der Waals surface area (Å²) in [4.78, 5) is 39.8. The third-order valence-corrected chi connectivity index (χ3v) is 5.24. The number of carbonyl (C=O) groups is 2. The maximum absolute atomic E-state index is 14.2. The van der Waals surface area contributed by atoms with E-state index in [1.165, 1.54) is 43.3 Å². The third-order valence-electron chi connectivity index (χ3n) is 4.95. The number of anilines is 1. The van der Waals surface area contributed by atoms with Crippen LogP contribution in [-0.4, -0.2) is 21.4 Å². The zero-order valence-corrected chi connectivity index (χ0v) is 18.3. The molecule has 4 aromatic rings. The van der Waals surface area contributed by atoms with Gasteiger partial charge in [0.25, 0.3) is 11.5 Å². The van der Waals surface area contributed by atoms with Crippen LogP contribution in [0.4, 0.5) is 10.1 Å². The van der Waals surface area contributed by atoms with E-state index in [-0.39, 0.29) is 34.2 Å². The van der Waals surface area contributed by atoms with Crippen molar-refractivity contribution in [3.05, 3.63) is 98.8 Å². The van der Waals surface area contributed by atoms with E-state index in [9.17, 15) is 18.8 Å². The molecule has 0 unspecified atom stereocenters. The second kappa shape index (κ2) is 9.17. The summed E-state index contributed by atoms with van der Waals surface area (Å²) in [5.74, 6) is -1.10. The number of benzene rings is 3. The zero-order chi connectivity index (χ0) is 23.5. The van der Waals surface area contributed by atoms with Crippen LogP contribution in [0.5, 0.6) is 0 Å². The number of hydrogen-bond donors (Lipinski definition) is 3. The van der Waals surface area contributed by atoms with Crippen LogP contribution in [-0.2, 0) is 11.3 Å². The smallest absolute Gasteiger partial charge is 0.266 e. The van der Waals surface area contributed by atoms with Crippen molar-refractivity contribution in [1.29, 1.82) is 0 Å². The van der Waals surface area contributed by atoms with Gasteiger partial charge < -0.3 is 15.6 Å². The predicted molar refractivity (Wildman–Crippen MR) is 127 cm³/mol. The van der Waals surface area contributed by atoms with Crippen molar-refractivity contribution in [3.63, 3.8) is 0 Å². The Labute approximate surface area is 192 Å². The number of hydrogen-bond acceptors (Lipinski definition) is 4. The topological polar surface area (TPSA) is 96.0 Å². The minimum absolute atomic E-state index is 0.0185. The van der Waals surface area contributed by atoms with Gasteiger partial charge in [-0.2, -0.15) is 0 Å². The van der Waals surface area contributed by atoms with Crippen LogP contribution in [0, 0.1) is 10.6 Å². The minimum atomic E-state index is -0.572. The van der Waals surface area contributed by atoms with Crippen molar-refractivity contribution in [3.8, 4) is 5.69 Å². The summed E-state index contributed by atoms with van der Waals surface area (Å²) in [7, 11) is 0. The summed E-state index contributed by atoms with van der Waals surface area (Å²) in [6.07, 6.45) is 0. The fourth-order valence-electron chi connectivity index (χ4n) is 3.46. The molecule has 3 N–H and O–H groups in total. The van der Waals surface area contributed by atoms with Crippen LogP contribution in [0.2, 0.25) is 0 Å². The van der Waals surface area contributed by atoms with E-state index >= 15 is 0 Å². The fourth-order valence-corrected chi connectivity index (χ4v) is 3.75. The van der Waals surface area contributed by atoms with E-state index in [1.807, 2.05) is 6.07 Å². The summed E-state index contributed by atoms with van der Waals surface area (Å²) in [6.45, 7) is 1.67. The summed E-state index contributed by atoms with van der Waals surface area (Å²) < 4.78 is 15.3. The molecule has 0 bridgehead atoms. The largest absolute Gasteiger partial charge is 0.348 e. The van der Waals surface area contributed by atoms with Crippen LogP contribution < -0.4 is 16.2 Å². The van der Waals surface area contributed by atoms with Gasteiger partial charge in [-0.05, 0) is 60.2 Å². The summed E-state index contributed by atoms with van der Waals surface area (Å²) in [5.41, 5.74) is 1.71. The van der Waals surface area contributed by atoms with Crippen molar-refractivity contribution in [2.45, 2.75) is 13.5 Å². The number of aromatic amines is 1. The van der Waals surface area contributed by atoms with Crippen molar-refractivity contribution >= 4 is 40.6 Å². The Kier molecular flexibility index (Phi) is 6.14. The Hall–Kier alpha value is -4.11. The first-order valence-electron chi connectivity index (χ1n) is 10.0. The van der Waals surface area contributed by atoms with E-state index in [0.717, 1.165) is 10.1 Å². The molecule has 3 aromatic carbocycles. The minimum Gasteiger partial charge on any atom is -0.348 e. The van der Waals surface area contributed by atoms with E-state index in [4.69, 9.17) is 12.2 Å². The van der Waals surface area contributed by atoms with Gasteiger partial charge in [-0.3, -0.25) is 14.4 Å². The molecule has 0 atom stereocenters. The lowest BCUT2D eigenvalue weighted by molar-refractivity contribution is -0.114. The molecule has 9 heteroatoms. The molecule has 0 fully saturated rings. The van der Waals surface area contributed by atoms with Crippen LogP contribution in [0.3, 0.4) is 0 Å². The number of halogens is 1. The van der Waals surface area contributed by atoms with E-state index in [1.54, 1.807) is 24.3 Å². The van der Waals surface area contributed by atoms with E-state index in [0.29, 0.717) is 16.8 Å². The van der Waals surface area contributed by atoms with Gasteiger partial charge in [0.2, 0.25) is 5.91 Å². The average molecular weight is 463 g/mol. The number of nitrogens with one attached hydrogen (secondary N) is 3. The first-order valence-corrected chi connectivity index (χ1v) is 10.4. The number of aromatic nitrogens is 2. The van der Waals surface area contributed by atoms with Gasteiger partial charge in [0.15, 0.2) is 4.77 Å². The second-order valence-corrected chi connectivity index (χ2v) is 7.73. The number of para-hydroxylation sites is 1. The highest BCUT2D eigenvalue weighted by atomic mass is 32.1. The van der Waals surface area contributed by atoms with Gasteiger partial charge in [-0.25, -0.2) is 8.96 Å². The van der Waals surface area contributed by atoms with Gasteiger partial charge in [0.05, 0.1) is 16.6 Å². The SMILES string of the molecule is CC(=O)Nc1cccc(CNC(=O)c2ccc3c(=O)n(-c4ccccc4F)c(=S)[nH]c3c2)c1. The molecular formula is C24H19FN4O3S. The highest BCUT2D eigenvalue weighted by molar-refractivity contribution is 7.71. The summed E-state index contributed by atoms with van der Waals surface area (Å²) in [6, 6.07) is 17.6. The van der Waals surface area contributed by atoms with Crippen molar-refractivity contribution < 1.29 is 14.0 Å². The lowest BCUT2D eigenvalue weighted by Gasteiger charge is -2.11. The van der Waals surface area contributed by atoms with Gasteiger partial charge in [-0.1, -0.05) is 24.3 Å². The maximum atomic E-state index is 14.2. The Bertz CT molecular complexity index is 1510. The molecule has 0 spiro atoms. The molecule has 1 aromatic heterocycles. The normalized spacial score (nSPS) is 10.7. The number of amides is 2. The lowest BCUT2D eigenvalue weighted by atomic mass is 10.1. The molecule has 0 aliphatic heterocycles. The van der Waals surface area contributed by atoms with Crippen LogP contribution in [0.1, 0.15) is 22.8 Å². The lowest BCUT2D eigenvalue weighted by Crippen LogP contribution is -2.24.